The minimum absolute atomic E-state index is 0.0753. The number of nitriles is 1. The van der Waals surface area contributed by atoms with Gasteiger partial charge in [-0.1, -0.05) is 6.92 Å². The zero-order valence-corrected chi connectivity index (χ0v) is 8.82. The summed E-state index contributed by atoms with van der Waals surface area (Å²) in [6.07, 6.45) is 0.899. The van der Waals surface area contributed by atoms with Crippen molar-refractivity contribution in [1.29, 1.82) is 5.26 Å². The van der Waals surface area contributed by atoms with Gasteiger partial charge >= 0.3 is 0 Å². The Bertz CT molecular complexity index is 194. The van der Waals surface area contributed by atoms with Crippen molar-refractivity contribution >= 4 is 0 Å². The topological polar surface area (TPSA) is 50.5 Å². The maximum Gasteiger partial charge on any atom is 0.0976 e. The first-order valence-electron chi connectivity index (χ1n) is 5.28. The smallest absolute Gasteiger partial charge is 0.0976 e. The standard InChI is InChI=1S/C10H19N3O/c1-2-10(9-11)13-5-3-12(4-6-13)7-8-14/h10,14H,2-8H2,1H3. The summed E-state index contributed by atoms with van der Waals surface area (Å²) >= 11 is 0. The molecule has 1 atom stereocenters. The molecular formula is C10H19N3O. The highest BCUT2D eigenvalue weighted by Gasteiger charge is 2.21. The largest absolute Gasteiger partial charge is 0.395 e. The molecule has 0 aromatic carbocycles. The molecule has 80 valence electrons. The van der Waals surface area contributed by atoms with Crippen LogP contribution in [0, 0.1) is 11.3 Å². The minimum atomic E-state index is 0.0753. The van der Waals surface area contributed by atoms with Crippen molar-refractivity contribution in [1.82, 2.24) is 9.80 Å². The van der Waals surface area contributed by atoms with Crippen LogP contribution >= 0.6 is 0 Å². The van der Waals surface area contributed by atoms with E-state index in [0.717, 1.165) is 39.1 Å². The van der Waals surface area contributed by atoms with Crippen LogP contribution in [-0.4, -0.2) is 60.3 Å². The van der Waals surface area contributed by atoms with Crippen molar-refractivity contribution in [2.24, 2.45) is 0 Å². The molecule has 1 unspecified atom stereocenters. The van der Waals surface area contributed by atoms with E-state index >= 15 is 0 Å². The average Bonchev–Trinajstić information content (AvgIpc) is 2.23. The summed E-state index contributed by atoms with van der Waals surface area (Å²) in [5, 5.41) is 17.7. The fraction of sp³-hybridized carbons (Fsp3) is 0.900. The van der Waals surface area contributed by atoms with E-state index in [4.69, 9.17) is 10.4 Å². The lowest BCUT2D eigenvalue weighted by Crippen LogP contribution is -2.50. The van der Waals surface area contributed by atoms with E-state index in [9.17, 15) is 0 Å². The van der Waals surface area contributed by atoms with Crippen LogP contribution < -0.4 is 0 Å². The van der Waals surface area contributed by atoms with Gasteiger partial charge in [0.2, 0.25) is 0 Å². The molecule has 0 aromatic rings. The van der Waals surface area contributed by atoms with E-state index in [1.807, 2.05) is 6.92 Å². The molecule has 1 aliphatic rings. The fourth-order valence-corrected chi connectivity index (χ4v) is 1.87. The Labute approximate surface area is 85.7 Å². The number of piperazine rings is 1. The lowest BCUT2D eigenvalue weighted by Gasteiger charge is -2.36. The van der Waals surface area contributed by atoms with Crippen LogP contribution in [0.15, 0.2) is 0 Å². The van der Waals surface area contributed by atoms with Crippen LogP contribution in [0.3, 0.4) is 0 Å². The van der Waals surface area contributed by atoms with E-state index in [1.165, 1.54) is 0 Å². The second-order valence-electron chi connectivity index (χ2n) is 3.65. The zero-order chi connectivity index (χ0) is 10.4. The Morgan fingerprint density at radius 1 is 1.36 bits per heavy atom. The van der Waals surface area contributed by atoms with Gasteiger partial charge in [0.15, 0.2) is 0 Å². The van der Waals surface area contributed by atoms with E-state index in [-0.39, 0.29) is 12.6 Å². The molecule has 0 spiro atoms. The lowest BCUT2D eigenvalue weighted by atomic mass is 10.2. The predicted octanol–water partition coefficient (Wildman–Crippen LogP) is -0.102. The van der Waals surface area contributed by atoms with Gasteiger partial charge in [-0.2, -0.15) is 5.26 Å². The van der Waals surface area contributed by atoms with E-state index in [1.54, 1.807) is 0 Å². The van der Waals surface area contributed by atoms with Crippen molar-refractivity contribution < 1.29 is 5.11 Å². The highest BCUT2D eigenvalue weighted by atomic mass is 16.3. The molecule has 1 saturated heterocycles. The predicted molar refractivity (Wildman–Crippen MR) is 54.8 cm³/mol. The number of hydrogen-bond donors (Lipinski definition) is 1. The van der Waals surface area contributed by atoms with Crippen LogP contribution in [0.5, 0.6) is 0 Å². The molecule has 1 rings (SSSR count). The number of β-amino-alcohol motifs (C(OH)–C–C–N with tert-alkyl or cyclic N) is 1. The number of aliphatic hydroxyl groups is 1. The molecule has 0 aromatic heterocycles. The van der Waals surface area contributed by atoms with Gasteiger partial charge in [-0.05, 0) is 6.42 Å². The third kappa shape index (κ3) is 2.95. The summed E-state index contributed by atoms with van der Waals surface area (Å²) in [5.41, 5.74) is 0. The van der Waals surface area contributed by atoms with E-state index in [0.29, 0.717) is 0 Å². The summed E-state index contributed by atoms with van der Waals surface area (Å²) < 4.78 is 0. The third-order valence-electron chi connectivity index (χ3n) is 2.80. The molecule has 4 nitrogen and oxygen atoms in total. The molecule has 14 heavy (non-hydrogen) atoms. The molecule has 0 bridgehead atoms. The van der Waals surface area contributed by atoms with Crippen molar-refractivity contribution in [3.63, 3.8) is 0 Å². The van der Waals surface area contributed by atoms with Crippen molar-refractivity contribution in [2.75, 3.05) is 39.3 Å². The van der Waals surface area contributed by atoms with Gasteiger partial charge in [0.25, 0.3) is 0 Å². The van der Waals surface area contributed by atoms with Crippen LogP contribution in [-0.2, 0) is 0 Å². The van der Waals surface area contributed by atoms with Gasteiger partial charge in [-0.25, -0.2) is 0 Å². The quantitative estimate of drug-likeness (QED) is 0.683. The van der Waals surface area contributed by atoms with Crippen molar-refractivity contribution in [3.05, 3.63) is 0 Å². The summed E-state index contributed by atoms with van der Waals surface area (Å²) in [5.74, 6) is 0. The first kappa shape index (κ1) is 11.4. The molecule has 1 N–H and O–H groups in total. The third-order valence-corrected chi connectivity index (χ3v) is 2.80. The molecular weight excluding hydrogens is 178 g/mol. The molecule has 1 fully saturated rings. The highest BCUT2D eigenvalue weighted by Crippen LogP contribution is 2.07. The van der Waals surface area contributed by atoms with Crippen LogP contribution in [0.4, 0.5) is 0 Å². The van der Waals surface area contributed by atoms with Gasteiger partial charge in [-0.15, -0.1) is 0 Å². The molecule has 0 saturated carbocycles. The second-order valence-corrected chi connectivity index (χ2v) is 3.65. The lowest BCUT2D eigenvalue weighted by molar-refractivity contribution is 0.0972. The SMILES string of the molecule is CCC(C#N)N1CCN(CCO)CC1. The molecule has 4 heteroatoms. The highest BCUT2D eigenvalue weighted by molar-refractivity contribution is 4.92. The van der Waals surface area contributed by atoms with Crippen LogP contribution in [0.25, 0.3) is 0 Å². The number of aliphatic hydroxyl groups excluding tert-OH is 1. The number of hydrogen-bond acceptors (Lipinski definition) is 4. The summed E-state index contributed by atoms with van der Waals surface area (Å²) in [6.45, 7) is 6.89. The maximum absolute atomic E-state index is 8.90. The minimum Gasteiger partial charge on any atom is -0.395 e. The fourth-order valence-electron chi connectivity index (χ4n) is 1.87. The normalized spacial score (nSPS) is 21.8. The molecule has 1 heterocycles. The Hall–Kier alpha value is -0.630. The van der Waals surface area contributed by atoms with Crippen molar-refractivity contribution in [3.8, 4) is 6.07 Å². The van der Waals surface area contributed by atoms with E-state index in [2.05, 4.69) is 15.9 Å². The van der Waals surface area contributed by atoms with Gasteiger partial charge in [0.05, 0.1) is 18.7 Å². The van der Waals surface area contributed by atoms with E-state index < -0.39 is 0 Å². The van der Waals surface area contributed by atoms with Gasteiger partial charge in [-0.3, -0.25) is 9.80 Å². The van der Waals surface area contributed by atoms with Gasteiger partial charge < -0.3 is 5.11 Å². The maximum atomic E-state index is 8.90. The number of rotatable bonds is 4. The second kappa shape index (κ2) is 5.97. The van der Waals surface area contributed by atoms with Gasteiger partial charge in [0, 0.05) is 32.7 Å². The zero-order valence-electron chi connectivity index (χ0n) is 8.82. The van der Waals surface area contributed by atoms with Crippen LogP contribution in [0.1, 0.15) is 13.3 Å². The Morgan fingerprint density at radius 2 is 2.00 bits per heavy atom. The molecule has 0 aliphatic carbocycles. The monoisotopic (exact) mass is 197 g/mol. The Kier molecular flexibility index (Phi) is 4.88. The summed E-state index contributed by atoms with van der Waals surface area (Å²) in [4.78, 5) is 4.47. The summed E-state index contributed by atoms with van der Waals surface area (Å²) in [6, 6.07) is 2.40. The average molecular weight is 197 g/mol. The first-order chi connectivity index (χ1) is 6.81. The summed E-state index contributed by atoms with van der Waals surface area (Å²) in [7, 11) is 0. The Balaban J connectivity index is 2.31. The molecule has 0 amide bonds. The van der Waals surface area contributed by atoms with Crippen LogP contribution in [0.2, 0.25) is 0 Å². The first-order valence-corrected chi connectivity index (χ1v) is 5.28. The Morgan fingerprint density at radius 3 is 2.43 bits per heavy atom. The van der Waals surface area contributed by atoms with Gasteiger partial charge in [0.1, 0.15) is 0 Å². The molecule has 0 radical (unpaired) electrons. The molecule has 1 aliphatic heterocycles. The van der Waals surface area contributed by atoms with Crippen molar-refractivity contribution in [2.45, 2.75) is 19.4 Å². The number of nitrogens with zero attached hydrogens (tertiary/aromatic N) is 3.